The van der Waals surface area contributed by atoms with Crippen LogP contribution in [0, 0.1) is 0 Å². The molecule has 0 aliphatic heterocycles. The molecule has 2 aromatic heterocycles. The number of phenols is 1. The van der Waals surface area contributed by atoms with Crippen LogP contribution in [0.25, 0.3) is 0 Å². The number of aromatic nitrogens is 4. The Morgan fingerprint density at radius 3 is 1.70 bits per heavy atom. The van der Waals surface area contributed by atoms with E-state index in [0.29, 0.717) is 22.5 Å². The second-order valence-electron chi connectivity index (χ2n) is 10.3. The number of benzene rings is 2. The second-order valence-corrected chi connectivity index (χ2v) is 10.3. The molecule has 0 aliphatic carbocycles. The van der Waals surface area contributed by atoms with Crippen molar-refractivity contribution in [2.45, 2.75) is 49.9 Å². The van der Waals surface area contributed by atoms with E-state index >= 15 is 0 Å². The Bertz CT molecular complexity index is 1510. The van der Waals surface area contributed by atoms with Gasteiger partial charge in [-0.05, 0) is 23.3 Å². The number of aromatic amines is 2. The number of hydrogen-bond donors (Lipinski definition) is 8. The zero-order valence-corrected chi connectivity index (χ0v) is 23.6. The van der Waals surface area contributed by atoms with Gasteiger partial charge in [-0.15, -0.1) is 0 Å². The van der Waals surface area contributed by atoms with Crippen LogP contribution in [0.2, 0.25) is 0 Å². The summed E-state index contributed by atoms with van der Waals surface area (Å²) in [4.78, 5) is 65.8. The van der Waals surface area contributed by atoms with Crippen molar-refractivity contribution in [1.29, 1.82) is 0 Å². The van der Waals surface area contributed by atoms with Crippen LogP contribution in [0.4, 0.5) is 0 Å². The lowest BCUT2D eigenvalue weighted by Gasteiger charge is -2.25. The number of rotatable bonds is 15. The van der Waals surface area contributed by atoms with E-state index in [-0.39, 0.29) is 31.4 Å². The third-order valence-electron chi connectivity index (χ3n) is 6.85. The van der Waals surface area contributed by atoms with Gasteiger partial charge >= 0.3 is 5.97 Å². The molecule has 4 atom stereocenters. The molecule has 0 radical (unpaired) electrons. The van der Waals surface area contributed by atoms with Gasteiger partial charge in [-0.25, -0.2) is 14.8 Å². The molecular weight excluding hydrogens is 568 g/mol. The molecule has 0 bridgehead atoms. The van der Waals surface area contributed by atoms with E-state index < -0.39 is 47.9 Å². The lowest BCUT2D eigenvalue weighted by Crippen LogP contribution is -2.58. The first-order valence-electron chi connectivity index (χ1n) is 13.8. The molecule has 4 aromatic rings. The van der Waals surface area contributed by atoms with Crippen molar-refractivity contribution in [2.24, 2.45) is 5.73 Å². The first kappa shape index (κ1) is 31.4. The van der Waals surface area contributed by atoms with E-state index in [4.69, 9.17) is 5.73 Å². The average molecular weight is 603 g/mol. The molecule has 0 aliphatic rings. The van der Waals surface area contributed by atoms with Gasteiger partial charge in [0, 0.05) is 49.5 Å². The van der Waals surface area contributed by atoms with Gasteiger partial charge in [0.2, 0.25) is 17.7 Å². The summed E-state index contributed by atoms with van der Waals surface area (Å²) in [5.74, 6) is -3.24. The molecule has 4 rings (SSSR count). The molecule has 2 heterocycles. The third-order valence-corrected chi connectivity index (χ3v) is 6.85. The molecule has 0 saturated carbocycles. The Balaban J connectivity index is 1.54. The van der Waals surface area contributed by atoms with Crippen molar-refractivity contribution in [2.75, 3.05) is 0 Å². The molecule has 4 unspecified atom stereocenters. The summed E-state index contributed by atoms with van der Waals surface area (Å²) in [7, 11) is 0. The predicted molar refractivity (Wildman–Crippen MR) is 158 cm³/mol. The summed E-state index contributed by atoms with van der Waals surface area (Å²) in [6, 6.07) is 10.4. The molecule has 44 heavy (non-hydrogen) atoms. The number of amides is 3. The standard InChI is InChI=1S/C30H34N8O6/c31-23(12-20-14-32-16-34-20)27(40)36-24(11-19-6-8-22(39)9-7-19)28(41)37-25(10-18-4-2-1-3-5-18)29(42)38-26(30(43)44)13-21-15-33-17-35-21/h1-9,14-17,23-26,39H,10-13,31H2,(H,32,34)(H,33,35)(H,36,40)(H,37,41)(H,38,42)(H,43,44). The number of aromatic hydroxyl groups is 1. The zero-order chi connectivity index (χ0) is 31.5. The molecule has 230 valence electrons. The molecule has 14 nitrogen and oxygen atoms in total. The number of carboxylic acids is 1. The van der Waals surface area contributed by atoms with E-state index in [9.17, 15) is 29.4 Å². The zero-order valence-electron chi connectivity index (χ0n) is 23.6. The van der Waals surface area contributed by atoms with Crippen molar-refractivity contribution >= 4 is 23.7 Å². The Morgan fingerprint density at radius 2 is 1.18 bits per heavy atom. The minimum Gasteiger partial charge on any atom is -0.508 e. The van der Waals surface area contributed by atoms with E-state index in [2.05, 4.69) is 35.9 Å². The van der Waals surface area contributed by atoms with Gasteiger partial charge in [0.15, 0.2) is 0 Å². The molecule has 9 N–H and O–H groups in total. The predicted octanol–water partition coefficient (Wildman–Crippen LogP) is -0.0247. The number of carboxylic acid groups (broad SMARTS) is 1. The Hall–Kier alpha value is -5.50. The minimum absolute atomic E-state index is 0.0197. The fourth-order valence-corrected chi connectivity index (χ4v) is 4.50. The Kier molecular flexibility index (Phi) is 10.8. The number of imidazole rings is 2. The van der Waals surface area contributed by atoms with Gasteiger partial charge < -0.3 is 41.9 Å². The third kappa shape index (κ3) is 9.25. The molecular formula is C30H34N8O6. The molecule has 0 saturated heterocycles. The van der Waals surface area contributed by atoms with Crippen LogP contribution in [0.3, 0.4) is 0 Å². The normalized spacial score (nSPS) is 13.7. The highest BCUT2D eigenvalue weighted by molar-refractivity contribution is 5.94. The second kappa shape index (κ2) is 15.1. The van der Waals surface area contributed by atoms with Crippen LogP contribution in [0.1, 0.15) is 22.5 Å². The number of nitrogens with one attached hydrogen (secondary N) is 5. The number of hydrogen-bond acceptors (Lipinski definition) is 8. The number of nitrogens with zero attached hydrogens (tertiary/aromatic N) is 2. The Morgan fingerprint density at radius 1 is 0.682 bits per heavy atom. The van der Waals surface area contributed by atoms with E-state index in [0.717, 1.165) is 0 Å². The number of carbonyl (C=O) groups excluding carboxylic acids is 3. The van der Waals surface area contributed by atoms with Crippen molar-refractivity contribution < 1.29 is 29.4 Å². The van der Waals surface area contributed by atoms with Crippen LogP contribution in [-0.4, -0.2) is 78.0 Å². The van der Waals surface area contributed by atoms with Crippen molar-refractivity contribution in [3.8, 4) is 5.75 Å². The highest BCUT2D eigenvalue weighted by Crippen LogP contribution is 2.13. The first-order valence-corrected chi connectivity index (χ1v) is 13.8. The van der Waals surface area contributed by atoms with E-state index in [1.165, 1.54) is 37.2 Å². The highest BCUT2D eigenvalue weighted by atomic mass is 16.4. The number of phenolic OH excluding ortho intramolecular Hbond substituents is 1. The number of carbonyl (C=O) groups is 4. The molecule has 3 amide bonds. The summed E-state index contributed by atoms with van der Waals surface area (Å²) < 4.78 is 0. The number of H-pyrrole nitrogens is 2. The van der Waals surface area contributed by atoms with Gasteiger partial charge in [0.1, 0.15) is 23.9 Å². The Labute approximate surface area is 252 Å². The lowest BCUT2D eigenvalue weighted by atomic mass is 10.0. The van der Waals surface area contributed by atoms with Crippen LogP contribution >= 0.6 is 0 Å². The summed E-state index contributed by atoms with van der Waals surface area (Å²) in [6.07, 6.45) is 6.02. The van der Waals surface area contributed by atoms with Crippen LogP contribution < -0.4 is 21.7 Å². The minimum atomic E-state index is -1.30. The van der Waals surface area contributed by atoms with Gasteiger partial charge in [-0.2, -0.15) is 0 Å². The average Bonchev–Trinajstić information content (AvgIpc) is 3.72. The molecule has 0 spiro atoms. The van der Waals surface area contributed by atoms with E-state index in [1.54, 1.807) is 42.5 Å². The fourth-order valence-electron chi connectivity index (χ4n) is 4.50. The highest BCUT2D eigenvalue weighted by Gasteiger charge is 2.31. The van der Waals surface area contributed by atoms with Gasteiger partial charge in [0.25, 0.3) is 0 Å². The molecule has 0 fully saturated rings. The largest absolute Gasteiger partial charge is 0.508 e. The molecule has 2 aromatic carbocycles. The van der Waals surface area contributed by atoms with Crippen molar-refractivity contribution in [1.82, 2.24) is 35.9 Å². The SMILES string of the molecule is NC(Cc1cnc[nH]1)C(=O)NC(Cc1ccc(O)cc1)C(=O)NC(Cc1ccccc1)C(=O)NC(Cc1cnc[nH]1)C(=O)O. The summed E-state index contributed by atoms with van der Waals surface area (Å²) in [5.41, 5.74) is 8.59. The summed E-state index contributed by atoms with van der Waals surface area (Å²) in [5, 5.41) is 27.4. The van der Waals surface area contributed by atoms with Crippen LogP contribution in [-0.2, 0) is 44.9 Å². The maximum absolute atomic E-state index is 13.7. The monoisotopic (exact) mass is 602 g/mol. The fraction of sp³-hybridized carbons (Fsp3) is 0.267. The van der Waals surface area contributed by atoms with Gasteiger partial charge in [-0.1, -0.05) is 42.5 Å². The number of aliphatic carboxylic acids is 1. The summed E-state index contributed by atoms with van der Waals surface area (Å²) in [6.45, 7) is 0. The summed E-state index contributed by atoms with van der Waals surface area (Å²) >= 11 is 0. The van der Waals surface area contributed by atoms with E-state index in [1.807, 2.05) is 0 Å². The maximum atomic E-state index is 13.7. The van der Waals surface area contributed by atoms with Crippen LogP contribution in [0.5, 0.6) is 5.75 Å². The van der Waals surface area contributed by atoms with Gasteiger partial charge in [0.05, 0.1) is 18.7 Å². The number of nitrogens with two attached hydrogens (primary N) is 1. The smallest absolute Gasteiger partial charge is 0.326 e. The lowest BCUT2D eigenvalue weighted by molar-refractivity contribution is -0.142. The molecule has 14 heteroatoms. The van der Waals surface area contributed by atoms with Crippen molar-refractivity contribution in [3.63, 3.8) is 0 Å². The van der Waals surface area contributed by atoms with Crippen LogP contribution in [0.15, 0.2) is 79.6 Å². The van der Waals surface area contributed by atoms with Crippen molar-refractivity contribution in [3.05, 3.63) is 102 Å². The maximum Gasteiger partial charge on any atom is 0.326 e. The van der Waals surface area contributed by atoms with Gasteiger partial charge in [-0.3, -0.25) is 14.4 Å². The quantitative estimate of drug-likeness (QED) is 0.0912. The topological polar surface area (TPSA) is 228 Å². The first-order chi connectivity index (χ1) is 21.2.